The van der Waals surface area contributed by atoms with Gasteiger partial charge in [0.25, 0.3) is 0 Å². The van der Waals surface area contributed by atoms with Crippen molar-refractivity contribution in [2.75, 3.05) is 16.8 Å². The van der Waals surface area contributed by atoms with E-state index in [4.69, 9.17) is 11.5 Å². The summed E-state index contributed by atoms with van der Waals surface area (Å²) in [5.74, 6) is 0.864. The number of anilines is 3. The topological polar surface area (TPSA) is 120 Å². The molecule has 2 rings (SSSR count). The van der Waals surface area contributed by atoms with Crippen molar-refractivity contribution in [1.82, 2.24) is 15.0 Å². The first-order chi connectivity index (χ1) is 9.94. The van der Waals surface area contributed by atoms with Crippen molar-refractivity contribution in [2.24, 2.45) is 0 Å². The lowest BCUT2D eigenvalue weighted by atomic mass is 10.3. The Hall–Kier alpha value is -2.35. The molecule has 0 spiro atoms. The largest absolute Gasteiger partial charge is 0.383 e. The molecule has 0 fully saturated rings. The Morgan fingerprint density at radius 3 is 2.52 bits per heavy atom. The van der Waals surface area contributed by atoms with E-state index >= 15 is 0 Å². The standard InChI is InChI=1S/C13H16N6OS/c1-7-3-4-11(16-6-7)19-12(20)8(2)21-13-17-9(14)5-10(15)18-13/h3-6,8H,1-2H3,(H,16,19,20)(H4,14,15,17,18). The molecular formula is C13H16N6OS. The number of pyridine rings is 1. The van der Waals surface area contributed by atoms with Gasteiger partial charge in [0.1, 0.15) is 17.5 Å². The van der Waals surface area contributed by atoms with E-state index in [9.17, 15) is 4.79 Å². The average Bonchev–Trinajstić information content (AvgIpc) is 2.40. The Bertz CT molecular complexity index is 625. The Balaban J connectivity index is 2.00. The highest BCUT2D eigenvalue weighted by atomic mass is 32.2. The van der Waals surface area contributed by atoms with Crippen LogP contribution in [0.25, 0.3) is 0 Å². The molecule has 1 amide bonds. The lowest BCUT2D eigenvalue weighted by molar-refractivity contribution is -0.115. The molecule has 0 aliphatic rings. The first-order valence-corrected chi connectivity index (χ1v) is 7.12. The maximum absolute atomic E-state index is 12.1. The summed E-state index contributed by atoms with van der Waals surface area (Å²) in [6.07, 6.45) is 1.69. The summed E-state index contributed by atoms with van der Waals surface area (Å²) in [6.45, 7) is 3.68. The van der Waals surface area contributed by atoms with E-state index in [0.29, 0.717) is 11.0 Å². The fraction of sp³-hybridized carbons (Fsp3) is 0.231. The fourth-order valence-electron chi connectivity index (χ4n) is 1.50. The number of hydrogen-bond donors (Lipinski definition) is 3. The van der Waals surface area contributed by atoms with Gasteiger partial charge < -0.3 is 16.8 Å². The van der Waals surface area contributed by atoms with Gasteiger partial charge in [-0.05, 0) is 25.5 Å². The highest BCUT2D eigenvalue weighted by Crippen LogP contribution is 2.22. The van der Waals surface area contributed by atoms with Gasteiger partial charge in [-0.3, -0.25) is 4.79 Å². The lowest BCUT2D eigenvalue weighted by Crippen LogP contribution is -2.23. The van der Waals surface area contributed by atoms with Crippen LogP contribution in [0.1, 0.15) is 12.5 Å². The van der Waals surface area contributed by atoms with Gasteiger partial charge in [-0.2, -0.15) is 0 Å². The Morgan fingerprint density at radius 2 is 1.95 bits per heavy atom. The molecule has 0 saturated carbocycles. The normalized spacial score (nSPS) is 11.9. The van der Waals surface area contributed by atoms with Crippen LogP contribution in [0.15, 0.2) is 29.6 Å². The van der Waals surface area contributed by atoms with Gasteiger partial charge >= 0.3 is 0 Å². The first kappa shape index (κ1) is 15.0. The molecule has 0 aromatic carbocycles. The minimum Gasteiger partial charge on any atom is -0.383 e. The first-order valence-electron chi connectivity index (χ1n) is 6.24. The molecule has 0 aliphatic carbocycles. The number of nitrogens with two attached hydrogens (primary N) is 2. The number of nitrogens with one attached hydrogen (secondary N) is 1. The van der Waals surface area contributed by atoms with Gasteiger partial charge in [-0.1, -0.05) is 17.8 Å². The molecule has 1 unspecified atom stereocenters. The van der Waals surface area contributed by atoms with Crippen LogP contribution in [0.5, 0.6) is 0 Å². The number of carbonyl (C=O) groups excluding carboxylic acids is 1. The third kappa shape index (κ3) is 4.32. The quantitative estimate of drug-likeness (QED) is 0.577. The highest BCUT2D eigenvalue weighted by molar-refractivity contribution is 8.00. The monoisotopic (exact) mass is 304 g/mol. The smallest absolute Gasteiger partial charge is 0.238 e. The van der Waals surface area contributed by atoms with Crippen LogP contribution in [0.3, 0.4) is 0 Å². The number of nitrogen functional groups attached to an aromatic ring is 2. The van der Waals surface area contributed by atoms with Crippen LogP contribution < -0.4 is 16.8 Å². The molecule has 5 N–H and O–H groups in total. The Morgan fingerprint density at radius 1 is 1.29 bits per heavy atom. The van der Waals surface area contributed by atoms with Gasteiger partial charge in [-0.25, -0.2) is 15.0 Å². The minimum atomic E-state index is -0.408. The number of rotatable bonds is 4. The van der Waals surface area contributed by atoms with Gasteiger partial charge in [0, 0.05) is 12.3 Å². The van der Waals surface area contributed by atoms with Gasteiger partial charge in [0.05, 0.1) is 5.25 Å². The summed E-state index contributed by atoms with van der Waals surface area (Å²) < 4.78 is 0. The van der Waals surface area contributed by atoms with Crippen molar-refractivity contribution < 1.29 is 4.79 Å². The molecule has 0 bridgehead atoms. The molecule has 110 valence electrons. The van der Waals surface area contributed by atoms with E-state index in [-0.39, 0.29) is 17.5 Å². The molecule has 21 heavy (non-hydrogen) atoms. The average molecular weight is 304 g/mol. The summed E-state index contributed by atoms with van der Waals surface area (Å²) in [7, 11) is 0. The zero-order valence-electron chi connectivity index (χ0n) is 11.7. The predicted molar refractivity (Wildman–Crippen MR) is 83.8 cm³/mol. The molecule has 8 heteroatoms. The third-order valence-corrected chi connectivity index (χ3v) is 3.52. The molecule has 1 atom stereocenters. The number of nitrogens with zero attached hydrogens (tertiary/aromatic N) is 3. The van der Waals surface area contributed by atoms with Crippen molar-refractivity contribution in [2.45, 2.75) is 24.3 Å². The number of amides is 1. The molecule has 0 saturated heterocycles. The van der Waals surface area contributed by atoms with Gasteiger partial charge in [-0.15, -0.1) is 0 Å². The van der Waals surface area contributed by atoms with Crippen molar-refractivity contribution in [3.8, 4) is 0 Å². The molecule has 7 nitrogen and oxygen atoms in total. The maximum Gasteiger partial charge on any atom is 0.238 e. The van der Waals surface area contributed by atoms with Crippen LogP contribution in [0.2, 0.25) is 0 Å². The van der Waals surface area contributed by atoms with Crippen LogP contribution in [-0.2, 0) is 4.79 Å². The van der Waals surface area contributed by atoms with Crippen molar-refractivity contribution in [3.63, 3.8) is 0 Å². The minimum absolute atomic E-state index is 0.194. The zero-order chi connectivity index (χ0) is 15.4. The van der Waals surface area contributed by atoms with Crippen LogP contribution >= 0.6 is 11.8 Å². The van der Waals surface area contributed by atoms with Crippen LogP contribution in [0, 0.1) is 6.92 Å². The van der Waals surface area contributed by atoms with Crippen LogP contribution in [-0.4, -0.2) is 26.1 Å². The zero-order valence-corrected chi connectivity index (χ0v) is 12.5. The predicted octanol–water partition coefficient (Wildman–Crippen LogP) is 1.46. The van der Waals surface area contributed by atoms with Crippen molar-refractivity contribution in [3.05, 3.63) is 30.0 Å². The molecule has 0 aliphatic heterocycles. The number of thioether (sulfide) groups is 1. The second-order valence-electron chi connectivity index (χ2n) is 4.47. The maximum atomic E-state index is 12.1. The summed E-state index contributed by atoms with van der Waals surface area (Å²) in [6, 6.07) is 5.09. The van der Waals surface area contributed by atoms with E-state index in [2.05, 4.69) is 20.3 Å². The lowest BCUT2D eigenvalue weighted by Gasteiger charge is -2.11. The SMILES string of the molecule is Cc1ccc(NC(=O)C(C)Sc2nc(N)cc(N)n2)nc1. The number of aryl methyl sites for hydroxylation is 1. The van der Waals surface area contributed by atoms with E-state index in [0.717, 1.165) is 5.56 Å². The number of hydrogen-bond acceptors (Lipinski definition) is 7. The second kappa shape index (κ2) is 6.40. The summed E-state index contributed by atoms with van der Waals surface area (Å²) in [5, 5.41) is 2.69. The van der Waals surface area contributed by atoms with E-state index in [1.807, 2.05) is 13.0 Å². The van der Waals surface area contributed by atoms with Gasteiger partial charge in [0.2, 0.25) is 5.91 Å². The number of carbonyl (C=O) groups is 1. The third-order valence-electron chi connectivity index (χ3n) is 2.56. The molecular weight excluding hydrogens is 288 g/mol. The molecule has 0 radical (unpaired) electrons. The number of aromatic nitrogens is 3. The van der Waals surface area contributed by atoms with Gasteiger partial charge in [0.15, 0.2) is 5.16 Å². The Labute approximate surface area is 126 Å². The Kier molecular flexibility index (Phi) is 4.59. The fourth-order valence-corrected chi connectivity index (χ4v) is 2.29. The molecule has 2 aromatic rings. The summed E-state index contributed by atoms with van der Waals surface area (Å²) in [4.78, 5) is 24.3. The highest BCUT2D eigenvalue weighted by Gasteiger charge is 2.17. The molecule has 2 heterocycles. The van der Waals surface area contributed by atoms with Crippen LogP contribution in [0.4, 0.5) is 17.5 Å². The second-order valence-corrected chi connectivity index (χ2v) is 5.78. The van der Waals surface area contributed by atoms with Crippen molar-refractivity contribution in [1.29, 1.82) is 0 Å². The van der Waals surface area contributed by atoms with E-state index in [1.54, 1.807) is 19.2 Å². The molecule has 2 aromatic heterocycles. The summed E-state index contributed by atoms with van der Waals surface area (Å²) in [5.41, 5.74) is 12.2. The summed E-state index contributed by atoms with van der Waals surface area (Å²) >= 11 is 1.18. The van der Waals surface area contributed by atoms with Crippen molar-refractivity contribution >= 4 is 35.1 Å². The van der Waals surface area contributed by atoms with E-state index in [1.165, 1.54) is 17.8 Å². The van der Waals surface area contributed by atoms with E-state index < -0.39 is 5.25 Å².